The molecule has 0 aliphatic rings. The topological polar surface area (TPSA) is 86.5 Å². The zero-order valence-electron chi connectivity index (χ0n) is 12.0. The molecule has 0 N–H and O–H groups in total. The third-order valence-electron chi connectivity index (χ3n) is 3.10. The van der Waals surface area contributed by atoms with Crippen LogP contribution in [0, 0.1) is 24.0 Å². The van der Waals surface area contributed by atoms with E-state index in [1.807, 2.05) is 0 Å². The molecule has 0 heterocycles. The maximum atomic E-state index is 12.5. The molecule has 0 radical (unpaired) electrons. The highest BCUT2D eigenvalue weighted by molar-refractivity contribution is 7.87. The Balaban J connectivity index is 2.60. The van der Waals surface area contributed by atoms with E-state index in [-0.39, 0.29) is 20.5 Å². The van der Waals surface area contributed by atoms with Crippen molar-refractivity contribution in [1.29, 1.82) is 0 Å². The molecule has 9 heteroatoms. The highest BCUT2D eigenvalue weighted by Crippen LogP contribution is 2.36. The van der Waals surface area contributed by atoms with Crippen LogP contribution in [0.5, 0.6) is 5.75 Å². The highest BCUT2D eigenvalue weighted by Gasteiger charge is 2.28. The zero-order valence-corrected chi connectivity index (χ0v) is 14.4. The first-order valence-electron chi connectivity index (χ1n) is 6.28. The molecule has 0 spiro atoms. The van der Waals surface area contributed by atoms with Crippen LogP contribution in [0.15, 0.2) is 35.2 Å². The van der Waals surface area contributed by atoms with Gasteiger partial charge in [0.2, 0.25) is 5.75 Å². The maximum absolute atomic E-state index is 12.5. The van der Waals surface area contributed by atoms with Gasteiger partial charge in [0.05, 0.1) is 9.95 Å². The molecule has 0 aliphatic carbocycles. The van der Waals surface area contributed by atoms with Gasteiger partial charge in [0, 0.05) is 11.1 Å². The largest absolute Gasteiger partial charge is 0.372 e. The number of nitro benzene ring substituents is 1. The lowest BCUT2D eigenvalue weighted by molar-refractivity contribution is -0.385. The summed E-state index contributed by atoms with van der Waals surface area (Å²) in [5, 5.41) is 11.1. The standard InChI is InChI=1S/C14H11Cl2NO5S/c1-8-7-10(15)9(2)14(13(8)16)23(20,21)22-12-6-4-3-5-11(12)17(18)19/h3-7H,1-2H3. The van der Waals surface area contributed by atoms with Crippen molar-refractivity contribution in [3.63, 3.8) is 0 Å². The molecule has 0 aromatic heterocycles. The predicted molar refractivity (Wildman–Crippen MR) is 86.8 cm³/mol. The van der Waals surface area contributed by atoms with Crippen LogP contribution in [0.4, 0.5) is 5.69 Å². The molecule has 23 heavy (non-hydrogen) atoms. The molecule has 0 saturated heterocycles. The summed E-state index contributed by atoms with van der Waals surface area (Å²) in [5.74, 6) is -0.398. The second-order valence-electron chi connectivity index (χ2n) is 4.71. The Hall–Kier alpha value is -1.83. The van der Waals surface area contributed by atoms with Crippen molar-refractivity contribution >= 4 is 39.0 Å². The number of benzene rings is 2. The molecular formula is C14H11Cl2NO5S. The number of halogens is 2. The van der Waals surface area contributed by atoms with Gasteiger partial charge in [0.25, 0.3) is 0 Å². The lowest BCUT2D eigenvalue weighted by Crippen LogP contribution is -2.13. The average Bonchev–Trinajstić information content (AvgIpc) is 2.45. The van der Waals surface area contributed by atoms with Crippen molar-refractivity contribution in [3.05, 3.63) is 61.6 Å². The summed E-state index contributed by atoms with van der Waals surface area (Å²) in [6.45, 7) is 3.07. The lowest BCUT2D eigenvalue weighted by Gasteiger charge is -2.13. The molecule has 122 valence electrons. The second-order valence-corrected chi connectivity index (χ2v) is 6.97. The summed E-state index contributed by atoms with van der Waals surface area (Å²) < 4.78 is 30.0. The van der Waals surface area contributed by atoms with Crippen molar-refractivity contribution in [2.75, 3.05) is 0 Å². The Morgan fingerprint density at radius 2 is 1.78 bits per heavy atom. The van der Waals surface area contributed by atoms with E-state index in [9.17, 15) is 18.5 Å². The molecule has 0 unspecified atom stereocenters. The molecule has 0 bridgehead atoms. The lowest BCUT2D eigenvalue weighted by atomic mass is 10.2. The van der Waals surface area contributed by atoms with E-state index >= 15 is 0 Å². The third kappa shape index (κ3) is 3.41. The number of para-hydroxylation sites is 2. The van der Waals surface area contributed by atoms with Gasteiger partial charge >= 0.3 is 15.8 Å². The summed E-state index contributed by atoms with van der Waals surface area (Å²) in [4.78, 5) is 9.93. The van der Waals surface area contributed by atoms with E-state index in [1.165, 1.54) is 31.2 Å². The molecule has 6 nitrogen and oxygen atoms in total. The van der Waals surface area contributed by atoms with Gasteiger partial charge in [-0.3, -0.25) is 10.1 Å². The Bertz CT molecular complexity index is 870. The summed E-state index contributed by atoms with van der Waals surface area (Å²) in [5.41, 5.74) is 0.191. The zero-order chi connectivity index (χ0) is 17.4. The molecular weight excluding hydrogens is 365 g/mol. The van der Waals surface area contributed by atoms with Gasteiger partial charge in [-0.2, -0.15) is 8.42 Å². The van der Waals surface area contributed by atoms with Crippen LogP contribution in [-0.2, 0) is 10.1 Å². The first-order valence-corrected chi connectivity index (χ1v) is 8.44. The van der Waals surface area contributed by atoms with Crippen molar-refractivity contribution in [2.24, 2.45) is 0 Å². The second kappa shape index (κ2) is 6.35. The Morgan fingerprint density at radius 1 is 1.17 bits per heavy atom. The van der Waals surface area contributed by atoms with Crippen LogP contribution >= 0.6 is 23.2 Å². The van der Waals surface area contributed by atoms with Gasteiger partial charge in [-0.05, 0) is 37.1 Å². The molecule has 0 aliphatic heterocycles. The predicted octanol–water partition coefficient (Wildman–Crippen LogP) is 4.29. The fourth-order valence-corrected chi connectivity index (χ4v) is 4.07. The Kier molecular flexibility index (Phi) is 4.84. The third-order valence-corrected chi connectivity index (χ3v) is 5.50. The normalized spacial score (nSPS) is 11.3. The van der Waals surface area contributed by atoms with Crippen LogP contribution < -0.4 is 4.18 Å². The van der Waals surface area contributed by atoms with Crippen LogP contribution in [-0.4, -0.2) is 13.3 Å². The van der Waals surface area contributed by atoms with Crippen LogP contribution in [0.1, 0.15) is 11.1 Å². The van der Waals surface area contributed by atoms with Gasteiger partial charge in [0.1, 0.15) is 4.90 Å². The summed E-state index contributed by atoms with van der Waals surface area (Å²) in [6.07, 6.45) is 0. The molecule has 0 saturated carbocycles. The number of hydrogen-bond donors (Lipinski definition) is 0. The number of rotatable bonds is 4. The van der Waals surface area contributed by atoms with E-state index < -0.39 is 26.5 Å². The van der Waals surface area contributed by atoms with Crippen LogP contribution in [0.3, 0.4) is 0 Å². The van der Waals surface area contributed by atoms with E-state index in [0.29, 0.717) is 5.56 Å². The van der Waals surface area contributed by atoms with Gasteiger partial charge in [0.15, 0.2) is 0 Å². The average molecular weight is 376 g/mol. The minimum absolute atomic E-state index is 0.0366. The van der Waals surface area contributed by atoms with E-state index in [2.05, 4.69) is 0 Å². The van der Waals surface area contributed by atoms with Crippen molar-refractivity contribution < 1.29 is 17.5 Å². The van der Waals surface area contributed by atoms with Crippen LogP contribution in [0.2, 0.25) is 10.0 Å². The first kappa shape index (κ1) is 17.5. The maximum Gasteiger partial charge on any atom is 0.341 e. The summed E-state index contributed by atoms with van der Waals surface area (Å²) in [7, 11) is -4.40. The van der Waals surface area contributed by atoms with Crippen molar-refractivity contribution in [3.8, 4) is 5.75 Å². The SMILES string of the molecule is Cc1cc(Cl)c(C)c(S(=O)(=O)Oc2ccccc2[N+](=O)[O-])c1Cl. The minimum Gasteiger partial charge on any atom is -0.372 e. The van der Waals surface area contributed by atoms with Gasteiger partial charge in [-0.15, -0.1) is 0 Å². The van der Waals surface area contributed by atoms with Gasteiger partial charge < -0.3 is 4.18 Å². The number of nitrogens with zero attached hydrogens (tertiary/aromatic N) is 1. The highest BCUT2D eigenvalue weighted by atomic mass is 35.5. The summed E-state index contributed by atoms with van der Waals surface area (Å²) in [6, 6.07) is 6.69. The van der Waals surface area contributed by atoms with Crippen molar-refractivity contribution in [2.45, 2.75) is 18.7 Å². The summed E-state index contributed by atoms with van der Waals surface area (Å²) >= 11 is 12.1. The van der Waals surface area contributed by atoms with E-state index in [0.717, 1.165) is 6.07 Å². The number of hydrogen-bond acceptors (Lipinski definition) is 5. The van der Waals surface area contributed by atoms with Crippen molar-refractivity contribution in [1.82, 2.24) is 0 Å². The quantitative estimate of drug-likeness (QED) is 0.451. The monoisotopic (exact) mass is 375 g/mol. The minimum atomic E-state index is -4.40. The van der Waals surface area contributed by atoms with Crippen LogP contribution in [0.25, 0.3) is 0 Å². The first-order chi connectivity index (χ1) is 10.6. The Morgan fingerprint density at radius 3 is 2.39 bits per heavy atom. The Labute approximate surface area is 142 Å². The molecule has 0 fully saturated rings. The molecule has 2 aromatic rings. The van der Waals surface area contributed by atoms with Gasteiger partial charge in [-0.25, -0.2) is 0 Å². The molecule has 0 atom stereocenters. The number of aryl methyl sites for hydroxylation is 1. The molecule has 2 rings (SSSR count). The number of nitro groups is 1. The van der Waals surface area contributed by atoms with E-state index in [4.69, 9.17) is 27.4 Å². The smallest absolute Gasteiger partial charge is 0.341 e. The fourth-order valence-electron chi connectivity index (χ4n) is 1.95. The fraction of sp³-hybridized carbons (Fsp3) is 0.143. The van der Waals surface area contributed by atoms with Gasteiger partial charge in [-0.1, -0.05) is 35.3 Å². The molecule has 0 amide bonds. The van der Waals surface area contributed by atoms with E-state index in [1.54, 1.807) is 6.92 Å². The molecule has 2 aromatic carbocycles.